The van der Waals surface area contributed by atoms with Gasteiger partial charge in [0.05, 0.1) is 18.4 Å². The van der Waals surface area contributed by atoms with Crippen molar-refractivity contribution in [2.24, 2.45) is 5.92 Å². The molecule has 1 aliphatic rings. The van der Waals surface area contributed by atoms with E-state index in [2.05, 4.69) is 26.7 Å². The zero-order valence-electron chi connectivity index (χ0n) is 15.7. The van der Waals surface area contributed by atoms with Gasteiger partial charge in [0.1, 0.15) is 17.9 Å². The summed E-state index contributed by atoms with van der Waals surface area (Å²) in [4.78, 5) is 32.1. The molecule has 0 fully saturated rings. The van der Waals surface area contributed by atoms with Crippen LogP contribution in [-0.2, 0) is 16.0 Å². The minimum atomic E-state index is -0.547. The first kappa shape index (κ1) is 18.8. The van der Waals surface area contributed by atoms with Crippen LogP contribution in [0.3, 0.4) is 0 Å². The number of rotatable bonds is 6. The Morgan fingerprint density at radius 3 is 2.78 bits per heavy atom. The van der Waals surface area contributed by atoms with Crippen molar-refractivity contribution in [1.29, 1.82) is 0 Å². The van der Waals surface area contributed by atoms with Crippen molar-refractivity contribution in [2.75, 3.05) is 6.54 Å². The highest BCUT2D eigenvalue weighted by Gasteiger charge is 2.27. The number of aromatic nitrogens is 2. The molecule has 0 bridgehead atoms. The molecule has 27 heavy (non-hydrogen) atoms. The van der Waals surface area contributed by atoms with Crippen LogP contribution in [0.2, 0.25) is 0 Å². The Morgan fingerprint density at radius 1 is 1.30 bits per heavy atom. The predicted octanol–water partition coefficient (Wildman–Crippen LogP) is 1.72. The van der Waals surface area contributed by atoms with E-state index in [0.717, 1.165) is 22.6 Å². The fourth-order valence-electron chi connectivity index (χ4n) is 3.12. The van der Waals surface area contributed by atoms with Crippen molar-refractivity contribution in [3.8, 4) is 17.0 Å². The number of benzene rings is 1. The van der Waals surface area contributed by atoms with E-state index in [4.69, 9.17) is 4.74 Å². The molecule has 7 heteroatoms. The van der Waals surface area contributed by atoms with Gasteiger partial charge in [-0.1, -0.05) is 13.8 Å². The number of nitrogens with one attached hydrogen (secondary N) is 2. The summed E-state index contributed by atoms with van der Waals surface area (Å²) in [6, 6.07) is 5.38. The van der Waals surface area contributed by atoms with E-state index in [1.165, 1.54) is 6.92 Å². The van der Waals surface area contributed by atoms with E-state index in [1.807, 2.05) is 26.0 Å². The Balaban J connectivity index is 1.60. The van der Waals surface area contributed by atoms with Gasteiger partial charge in [0, 0.05) is 31.3 Å². The molecule has 0 saturated carbocycles. The van der Waals surface area contributed by atoms with Gasteiger partial charge >= 0.3 is 0 Å². The zero-order valence-corrected chi connectivity index (χ0v) is 15.7. The van der Waals surface area contributed by atoms with E-state index in [9.17, 15) is 9.59 Å². The number of carbonyl (C=O) groups excluding carboxylic acids is 2. The van der Waals surface area contributed by atoms with Crippen LogP contribution in [0, 0.1) is 5.92 Å². The molecule has 1 aromatic heterocycles. The molecule has 1 aliphatic heterocycles. The van der Waals surface area contributed by atoms with E-state index in [0.29, 0.717) is 13.0 Å². The lowest BCUT2D eigenvalue weighted by Crippen LogP contribution is -2.50. The summed E-state index contributed by atoms with van der Waals surface area (Å²) in [5.41, 5.74) is 2.88. The van der Waals surface area contributed by atoms with E-state index < -0.39 is 6.04 Å². The smallest absolute Gasteiger partial charge is 0.242 e. The lowest BCUT2D eigenvalue weighted by molar-refractivity contribution is -0.129. The molecule has 0 aliphatic carbocycles. The quantitative estimate of drug-likeness (QED) is 0.810. The first-order chi connectivity index (χ1) is 12.9. The van der Waals surface area contributed by atoms with Gasteiger partial charge in [-0.15, -0.1) is 0 Å². The van der Waals surface area contributed by atoms with Crippen LogP contribution in [0.15, 0.2) is 36.8 Å². The highest BCUT2D eigenvalue weighted by Crippen LogP contribution is 2.32. The number of fused-ring (bicyclic) bond motifs is 1. The van der Waals surface area contributed by atoms with Gasteiger partial charge < -0.3 is 15.4 Å². The van der Waals surface area contributed by atoms with E-state index >= 15 is 0 Å². The third-order valence-corrected chi connectivity index (χ3v) is 4.47. The van der Waals surface area contributed by atoms with Crippen LogP contribution in [-0.4, -0.2) is 40.5 Å². The summed E-state index contributed by atoms with van der Waals surface area (Å²) >= 11 is 0. The maximum atomic E-state index is 12.4. The summed E-state index contributed by atoms with van der Waals surface area (Å²) in [7, 11) is 0. The summed E-state index contributed by atoms with van der Waals surface area (Å²) in [6.07, 6.45) is 5.60. The molecule has 0 unspecified atom stereocenters. The molecule has 1 aromatic carbocycles. The highest BCUT2D eigenvalue weighted by molar-refractivity contribution is 5.87. The maximum absolute atomic E-state index is 12.4. The molecule has 0 radical (unpaired) electrons. The van der Waals surface area contributed by atoms with Crippen LogP contribution in [0.1, 0.15) is 26.3 Å². The summed E-state index contributed by atoms with van der Waals surface area (Å²) in [6.45, 7) is 5.59. The average Bonchev–Trinajstić information content (AvgIpc) is 3.06. The largest absolute Gasteiger partial charge is 0.488 e. The van der Waals surface area contributed by atoms with Crippen molar-refractivity contribution in [3.63, 3.8) is 0 Å². The van der Waals surface area contributed by atoms with Gasteiger partial charge in [-0.3, -0.25) is 19.6 Å². The van der Waals surface area contributed by atoms with Crippen molar-refractivity contribution in [1.82, 2.24) is 20.6 Å². The van der Waals surface area contributed by atoms with Gasteiger partial charge in [0.25, 0.3) is 0 Å². The zero-order chi connectivity index (χ0) is 19.4. The van der Waals surface area contributed by atoms with Crippen molar-refractivity contribution in [2.45, 2.75) is 39.3 Å². The van der Waals surface area contributed by atoms with Crippen LogP contribution >= 0.6 is 0 Å². The summed E-state index contributed by atoms with van der Waals surface area (Å²) in [5.74, 6) is 0.416. The average molecular weight is 368 g/mol. The molecule has 142 valence electrons. The second-order valence-corrected chi connectivity index (χ2v) is 7.02. The Labute approximate surface area is 158 Å². The van der Waals surface area contributed by atoms with Gasteiger partial charge in [-0.25, -0.2) is 0 Å². The standard InChI is InChI=1S/C20H24N4O3/c1-12(2)19(24-13(3)25)20(26)23-10-16-9-15-8-14(4-5-18(15)27-16)17-11-21-6-7-22-17/h4-8,11-12,16,19H,9-10H2,1-3H3,(H,23,26)(H,24,25)/t16-,19+/m0/s1. The molecule has 2 N–H and O–H groups in total. The molecule has 3 rings (SSSR count). The Morgan fingerprint density at radius 2 is 2.11 bits per heavy atom. The van der Waals surface area contributed by atoms with Crippen LogP contribution in [0.4, 0.5) is 0 Å². The molecule has 7 nitrogen and oxygen atoms in total. The monoisotopic (exact) mass is 368 g/mol. The van der Waals surface area contributed by atoms with Crippen LogP contribution in [0.5, 0.6) is 5.75 Å². The van der Waals surface area contributed by atoms with Crippen LogP contribution in [0.25, 0.3) is 11.3 Å². The van der Waals surface area contributed by atoms with Gasteiger partial charge in [0.2, 0.25) is 11.8 Å². The summed E-state index contributed by atoms with van der Waals surface area (Å²) in [5, 5.41) is 5.58. The van der Waals surface area contributed by atoms with Gasteiger partial charge in [0.15, 0.2) is 0 Å². The number of nitrogens with zero attached hydrogens (tertiary/aromatic N) is 2. The SMILES string of the molecule is CC(=O)N[C@@H](C(=O)NC[C@@H]1Cc2cc(-c3cnccn3)ccc2O1)C(C)C. The van der Waals surface area contributed by atoms with Gasteiger partial charge in [-0.2, -0.15) is 0 Å². The minimum Gasteiger partial charge on any atom is -0.488 e. The third-order valence-electron chi connectivity index (χ3n) is 4.47. The first-order valence-corrected chi connectivity index (χ1v) is 9.05. The second kappa shape index (κ2) is 8.16. The topological polar surface area (TPSA) is 93.2 Å². The number of hydrogen-bond donors (Lipinski definition) is 2. The molecule has 0 spiro atoms. The predicted molar refractivity (Wildman–Crippen MR) is 101 cm³/mol. The minimum absolute atomic E-state index is 0.00475. The fraction of sp³-hybridized carbons (Fsp3) is 0.400. The Bertz CT molecular complexity index is 823. The molecule has 2 atom stereocenters. The molecular formula is C20H24N4O3. The normalized spacial score (nSPS) is 16.4. The molecule has 2 aromatic rings. The van der Waals surface area contributed by atoms with E-state index in [-0.39, 0.29) is 23.8 Å². The van der Waals surface area contributed by atoms with Crippen molar-refractivity contribution in [3.05, 3.63) is 42.4 Å². The molecule has 2 amide bonds. The molecule has 2 heterocycles. The lowest BCUT2D eigenvalue weighted by atomic mass is 10.0. The van der Waals surface area contributed by atoms with Crippen molar-refractivity contribution < 1.29 is 14.3 Å². The highest BCUT2D eigenvalue weighted by atomic mass is 16.5. The lowest BCUT2D eigenvalue weighted by Gasteiger charge is -2.22. The Kier molecular flexibility index (Phi) is 5.69. The third kappa shape index (κ3) is 4.61. The van der Waals surface area contributed by atoms with E-state index in [1.54, 1.807) is 18.6 Å². The Hall–Kier alpha value is -2.96. The number of hydrogen-bond acceptors (Lipinski definition) is 5. The molecule has 0 saturated heterocycles. The second-order valence-electron chi connectivity index (χ2n) is 7.02. The maximum Gasteiger partial charge on any atom is 0.242 e. The number of ether oxygens (including phenoxy) is 1. The first-order valence-electron chi connectivity index (χ1n) is 9.05. The van der Waals surface area contributed by atoms with Crippen molar-refractivity contribution >= 4 is 11.8 Å². The number of amides is 2. The fourth-order valence-corrected chi connectivity index (χ4v) is 3.12. The molecular weight excluding hydrogens is 344 g/mol. The number of carbonyl (C=O) groups is 2. The van der Waals surface area contributed by atoms with Crippen LogP contribution < -0.4 is 15.4 Å². The summed E-state index contributed by atoms with van der Waals surface area (Å²) < 4.78 is 5.93. The van der Waals surface area contributed by atoms with Gasteiger partial charge in [-0.05, 0) is 29.7 Å².